The first kappa shape index (κ1) is 34.5. The van der Waals surface area contributed by atoms with Crippen LogP contribution in [-0.4, -0.2) is 19.1 Å². The number of hydrogen-bond donors (Lipinski definition) is 0. The van der Waals surface area contributed by atoms with Gasteiger partial charge in [0, 0.05) is 38.2 Å². The minimum absolute atomic E-state index is 0.640. The fourth-order valence-corrected chi connectivity index (χ4v) is 10.0. The summed E-state index contributed by atoms with van der Waals surface area (Å²) in [6.07, 6.45) is 0. The molecule has 0 fully saturated rings. The topological polar surface area (TPSA) is 35.6 Å². The Morgan fingerprint density at radius 3 is 1.40 bits per heavy atom. The van der Waals surface area contributed by atoms with Crippen LogP contribution in [0.15, 0.2) is 218 Å². The van der Waals surface area contributed by atoms with E-state index in [4.69, 9.17) is 9.97 Å². The van der Waals surface area contributed by atoms with Crippen LogP contribution in [0, 0.1) is 0 Å². The third kappa shape index (κ3) is 5.14. The van der Waals surface area contributed by atoms with Crippen molar-refractivity contribution in [1.82, 2.24) is 19.1 Å². The molecule has 62 heavy (non-hydrogen) atoms. The van der Waals surface area contributed by atoms with Gasteiger partial charge in [0.15, 0.2) is 0 Å². The van der Waals surface area contributed by atoms with Crippen LogP contribution in [0.3, 0.4) is 0 Å². The first-order chi connectivity index (χ1) is 30.8. The fourth-order valence-electron chi connectivity index (χ4n) is 10.0. The number of fused-ring (bicyclic) bond motifs is 11. The molecule has 4 heteroatoms. The van der Waals surface area contributed by atoms with Crippen LogP contribution >= 0.6 is 0 Å². The molecule has 0 N–H and O–H groups in total. The van der Waals surface area contributed by atoms with Gasteiger partial charge in [0.05, 0.1) is 33.3 Å². The Labute approximate surface area is 357 Å². The molecule has 0 saturated carbocycles. The van der Waals surface area contributed by atoms with Gasteiger partial charge in [-0.25, -0.2) is 9.97 Å². The van der Waals surface area contributed by atoms with Crippen molar-refractivity contribution in [3.05, 3.63) is 218 Å². The van der Waals surface area contributed by atoms with Gasteiger partial charge in [0.25, 0.3) is 0 Å². The van der Waals surface area contributed by atoms with E-state index >= 15 is 0 Å². The van der Waals surface area contributed by atoms with Crippen LogP contribution in [0.25, 0.3) is 121 Å². The van der Waals surface area contributed by atoms with Crippen molar-refractivity contribution in [2.75, 3.05) is 0 Å². The molecule has 10 aromatic carbocycles. The minimum atomic E-state index is 0.640. The summed E-state index contributed by atoms with van der Waals surface area (Å²) in [6, 6.07) is 78.5. The molecule has 0 aliphatic heterocycles. The van der Waals surface area contributed by atoms with Crippen molar-refractivity contribution >= 4 is 76.1 Å². The molecule has 3 heterocycles. The number of hydrogen-bond acceptors (Lipinski definition) is 2. The lowest BCUT2D eigenvalue weighted by Crippen LogP contribution is -2.03. The number of para-hydroxylation sites is 4. The summed E-state index contributed by atoms with van der Waals surface area (Å²) < 4.78 is 4.72. The second kappa shape index (κ2) is 13.6. The predicted octanol–water partition coefficient (Wildman–Crippen LogP) is 15.1. The van der Waals surface area contributed by atoms with Gasteiger partial charge in [0.2, 0.25) is 5.95 Å². The van der Waals surface area contributed by atoms with E-state index in [2.05, 4.69) is 228 Å². The van der Waals surface area contributed by atoms with Crippen molar-refractivity contribution < 1.29 is 0 Å². The van der Waals surface area contributed by atoms with Crippen LogP contribution < -0.4 is 0 Å². The van der Waals surface area contributed by atoms with Gasteiger partial charge < -0.3 is 4.57 Å². The summed E-state index contributed by atoms with van der Waals surface area (Å²) >= 11 is 0. The van der Waals surface area contributed by atoms with Gasteiger partial charge in [-0.2, -0.15) is 0 Å². The quantitative estimate of drug-likeness (QED) is 0.174. The van der Waals surface area contributed by atoms with Gasteiger partial charge >= 0.3 is 0 Å². The Balaban J connectivity index is 1.14. The molecule has 4 nitrogen and oxygen atoms in total. The zero-order chi connectivity index (χ0) is 40.7. The lowest BCUT2D eigenvalue weighted by Gasteiger charge is -2.16. The Bertz CT molecular complexity index is 3920. The van der Waals surface area contributed by atoms with Crippen LogP contribution in [0.5, 0.6) is 0 Å². The van der Waals surface area contributed by atoms with E-state index in [1.54, 1.807) is 0 Å². The highest BCUT2D eigenvalue weighted by Gasteiger charge is 2.23. The van der Waals surface area contributed by atoms with Crippen molar-refractivity contribution in [1.29, 1.82) is 0 Å². The predicted molar refractivity (Wildman–Crippen MR) is 260 cm³/mol. The normalized spacial score (nSPS) is 11.9. The fraction of sp³-hybridized carbons (Fsp3) is 0. The monoisotopic (exact) mass is 788 g/mol. The van der Waals surface area contributed by atoms with Gasteiger partial charge in [-0.15, -0.1) is 0 Å². The van der Waals surface area contributed by atoms with E-state index in [9.17, 15) is 0 Å². The molecule has 0 unspecified atom stereocenters. The van der Waals surface area contributed by atoms with Crippen molar-refractivity contribution in [3.8, 4) is 45.1 Å². The first-order valence-corrected chi connectivity index (χ1v) is 21.2. The molecule has 0 aliphatic rings. The van der Waals surface area contributed by atoms with Crippen LogP contribution in [0.1, 0.15) is 0 Å². The third-order valence-electron chi connectivity index (χ3n) is 12.7. The molecule has 0 aliphatic carbocycles. The maximum atomic E-state index is 5.54. The van der Waals surface area contributed by atoms with E-state index in [0.717, 1.165) is 50.0 Å². The minimum Gasteiger partial charge on any atom is -0.309 e. The summed E-state index contributed by atoms with van der Waals surface area (Å²) in [7, 11) is 0. The Kier molecular flexibility index (Phi) is 7.57. The molecular formula is C58H36N4. The molecule has 0 radical (unpaired) electrons. The summed E-state index contributed by atoms with van der Waals surface area (Å²) in [6.45, 7) is 0. The maximum absolute atomic E-state index is 5.54. The molecule has 0 atom stereocenters. The standard InChI is InChI=1S/C58H36N4/c1-3-18-37(19-4-1)38-20-17-21-39(34-38)57-45-28-11-14-31-50(45)59-58(60-57)62-52-33-16-13-30-47(52)56-44-27-10-8-25-42(44)49(36-54(56)62)48-35-53-55(43-26-9-7-24-41(43)48)46-29-12-15-32-51(46)61(53)40-22-5-2-6-23-40/h1-36H. The Hall–Kier alpha value is -8.34. The average molecular weight is 789 g/mol. The van der Waals surface area contributed by atoms with Gasteiger partial charge in [-0.3, -0.25) is 4.57 Å². The molecule has 288 valence electrons. The summed E-state index contributed by atoms with van der Waals surface area (Å²) in [5.41, 5.74) is 13.1. The highest BCUT2D eigenvalue weighted by molar-refractivity contribution is 6.28. The zero-order valence-electron chi connectivity index (χ0n) is 33.6. The molecule has 0 bridgehead atoms. The summed E-state index contributed by atoms with van der Waals surface area (Å²) in [5, 5.41) is 10.7. The third-order valence-corrected chi connectivity index (χ3v) is 12.7. The van der Waals surface area contributed by atoms with Crippen LogP contribution in [-0.2, 0) is 0 Å². The van der Waals surface area contributed by atoms with E-state index in [-0.39, 0.29) is 0 Å². The molecule has 0 saturated heterocycles. The van der Waals surface area contributed by atoms with Crippen LogP contribution in [0.4, 0.5) is 0 Å². The SMILES string of the molecule is c1ccc(-c2cccc(-c3nc(-n4c5ccccc5c5c6ccccc6c(-c6cc7c(c8ccccc68)c6ccccc6n7-c6ccccc6)cc54)nc4ccccc34)c2)cc1. The summed E-state index contributed by atoms with van der Waals surface area (Å²) in [4.78, 5) is 10.9. The Morgan fingerprint density at radius 1 is 0.290 bits per heavy atom. The van der Waals surface area contributed by atoms with E-state index in [1.807, 2.05) is 0 Å². The number of rotatable bonds is 5. The molecule has 13 rings (SSSR count). The maximum Gasteiger partial charge on any atom is 0.235 e. The van der Waals surface area contributed by atoms with E-state index in [0.29, 0.717) is 5.95 Å². The van der Waals surface area contributed by atoms with Gasteiger partial charge in [-0.1, -0.05) is 170 Å². The van der Waals surface area contributed by atoms with Gasteiger partial charge in [0.1, 0.15) is 0 Å². The lowest BCUT2D eigenvalue weighted by atomic mass is 9.90. The van der Waals surface area contributed by atoms with Crippen molar-refractivity contribution in [2.45, 2.75) is 0 Å². The van der Waals surface area contributed by atoms with E-state index < -0.39 is 0 Å². The smallest absolute Gasteiger partial charge is 0.235 e. The lowest BCUT2D eigenvalue weighted by molar-refractivity contribution is 1.01. The first-order valence-electron chi connectivity index (χ1n) is 21.2. The second-order valence-corrected chi connectivity index (χ2v) is 16.1. The van der Waals surface area contributed by atoms with Crippen molar-refractivity contribution in [3.63, 3.8) is 0 Å². The molecule has 0 amide bonds. The van der Waals surface area contributed by atoms with E-state index in [1.165, 1.54) is 65.3 Å². The number of nitrogens with zero attached hydrogens (tertiary/aromatic N) is 4. The summed E-state index contributed by atoms with van der Waals surface area (Å²) in [5.74, 6) is 0.640. The van der Waals surface area contributed by atoms with Crippen molar-refractivity contribution in [2.24, 2.45) is 0 Å². The second-order valence-electron chi connectivity index (χ2n) is 16.1. The highest BCUT2D eigenvalue weighted by atomic mass is 15.2. The molecular weight excluding hydrogens is 753 g/mol. The number of benzene rings is 10. The highest BCUT2D eigenvalue weighted by Crippen LogP contribution is 2.46. The average Bonchev–Trinajstić information content (AvgIpc) is 3.87. The molecule has 0 spiro atoms. The largest absolute Gasteiger partial charge is 0.309 e. The van der Waals surface area contributed by atoms with Crippen LogP contribution in [0.2, 0.25) is 0 Å². The Morgan fingerprint density at radius 2 is 0.758 bits per heavy atom. The number of aromatic nitrogens is 4. The molecule has 13 aromatic rings. The van der Waals surface area contributed by atoms with Gasteiger partial charge in [-0.05, 0) is 92.3 Å². The molecule has 3 aromatic heterocycles. The zero-order valence-corrected chi connectivity index (χ0v) is 33.6.